The number of benzene rings is 2. The lowest BCUT2D eigenvalue weighted by Gasteiger charge is -2.29. The van der Waals surface area contributed by atoms with Crippen molar-refractivity contribution in [1.29, 1.82) is 0 Å². The van der Waals surface area contributed by atoms with Gasteiger partial charge in [-0.05, 0) is 49.2 Å². The molecule has 11 rings (SSSR count). The highest BCUT2D eigenvalue weighted by molar-refractivity contribution is 7.15. The second-order valence-electron chi connectivity index (χ2n) is 21.9. The Hall–Kier alpha value is -8.79. The van der Waals surface area contributed by atoms with E-state index in [1.165, 1.54) is 62.8 Å². The number of aliphatic hydroxyl groups excluding tert-OH is 3. The molecule has 5 amide bonds. The highest BCUT2D eigenvalue weighted by Gasteiger charge is 2.46. The summed E-state index contributed by atoms with van der Waals surface area (Å²) >= 11 is 6.68. The quantitative estimate of drug-likeness (QED) is 0.0524. The maximum atomic E-state index is 15.2. The van der Waals surface area contributed by atoms with Crippen LogP contribution in [0.2, 0.25) is 0 Å². The van der Waals surface area contributed by atoms with Crippen molar-refractivity contribution in [2.24, 2.45) is 11.7 Å². The van der Waals surface area contributed by atoms with Crippen LogP contribution in [0.3, 0.4) is 0 Å². The summed E-state index contributed by atoms with van der Waals surface area (Å²) in [4.78, 5) is 145. The number of amides is 5. The summed E-state index contributed by atoms with van der Waals surface area (Å²) in [7, 11) is 0. The molecule has 92 heavy (non-hydrogen) atoms. The van der Waals surface area contributed by atoms with Crippen molar-refractivity contribution < 1.29 is 63.9 Å². The minimum Gasteiger partial charge on any atom is -0.508 e. The number of ketones is 2. The van der Waals surface area contributed by atoms with Crippen LogP contribution in [-0.4, -0.2) is 143 Å². The van der Waals surface area contributed by atoms with Crippen LogP contribution in [0.25, 0.3) is 43.4 Å². The Morgan fingerprint density at radius 3 is 2.08 bits per heavy atom. The van der Waals surface area contributed by atoms with Crippen molar-refractivity contribution in [2.45, 2.75) is 101 Å². The standard InChI is InChI=1S/C61H56N12O13S6/c1-26-44(78)20-73-50(26)60-70-41(25-91-60)58-66-37(21-89-58)49-32(13-14-34(63-49)57-69-40(24-90-57)54(85)71-47(27(2)74)42(76)15-16-46(80)81)55-67-38(22-87-55)52(83)64-35(19-45(62)79)59-72-48(28(3)92-59)43(77)18-33(51(82)30-7-5-4-6-8-30)56-68-39(23-88-56)53(84)65-36(61(73)86)17-29-9-11-31(75)12-10-29/h4-14,21-27,33,35-36,44,47,50-51,74-75,78,82H,15-20H2,1-3H3,(H2,62,79)(H,64,83)(H,65,84)(H,71,85)(H,80,81)/t26-,27?,33-,35-,36-,44-,47+,50-,51+/m0/s1. The smallest absolute Gasteiger partial charge is 0.303 e. The maximum Gasteiger partial charge on any atom is 0.303 e. The number of fused-ring (bicyclic) bond motifs is 16. The molecule has 10 bridgehead atoms. The molecule has 1 saturated heterocycles. The SMILES string of the molecule is Cc1sc2nc1C(=O)C[C@@H]([C@H](O)c1ccccc1)c1nc(cs1)C(=O)N[C@@H](Cc1ccc(O)cc1)C(=O)N1C[C@H](O)[C@H](C)[C@H]1c1nc(cs1)-c1nc(cs1)-c1nc(-c3nc(C(=O)N[C@@H](C(=O)CCC(=O)O)C(C)O)cs3)ccc1-c1nc(cs1)C(=O)N[C@H]2CC(N)=O. The summed E-state index contributed by atoms with van der Waals surface area (Å²) in [5, 5.41) is 71.2. The molecule has 0 radical (unpaired) electrons. The average molecular weight is 1360 g/mol. The van der Waals surface area contributed by atoms with E-state index < -0.39 is 121 Å². The van der Waals surface area contributed by atoms with E-state index in [4.69, 9.17) is 30.8 Å². The van der Waals surface area contributed by atoms with Crippen molar-refractivity contribution in [1.82, 2.24) is 55.7 Å². The summed E-state index contributed by atoms with van der Waals surface area (Å²) in [6.07, 6.45) is -5.45. The maximum absolute atomic E-state index is 15.2. The van der Waals surface area contributed by atoms with E-state index in [0.717, 1.165) is 45.3 Å². The van der Waals surface area contributed by atoms with Gasteiger partial charge < -0.3 is 52.1 Å². The van der Waals surface area contributed by atoms with E-state index in [0.29, 0.717) is 48.0 Å². The number of carboxylic acid groups (broad SMARTS) is 1. The molecule has 0 aliphatic carbocycles. The van der Waals surface area contributed by atoms with E-state index in [1.807, 2.05) is 0 Å². The Labute approximate surface area is 547 Å². The number of hydrogen-bond donors (Lipinski definition) is 9. The number of primary amides is 1. The van der Waals surface area contributed by atoms with Crippen molar-refractivity contribution in [3.05, 3.63) is 147 Å². The topological polar surface area (TPSA) is 393 Å². The van der Waals surface area contributed by atoms with Gasteiger partial charge >= 0.3 is 5.97 Å². The van der Waals surface area contributed by atoms with Gasteiger partial charge in [0.15, 0.2) is 11.6 Å². The molecule has 1 fully saturated rings. The Balaban J connectivity index is 0.993. The second kappa shape index (κ2) is 27.6. The third-order valence-corrected chi connectivity index (χ3v) is 21.0. The zero-order valence-corrected chi connectivity index (χ0v) is 53.7. The highest BCUT2D eigenvalue weighted by Crippen LogP contribution is 2.43. The molecule has 474 valence electrons. The first-order chi connectivity index (χ1) is 44.1. The second-order valence-corrected chi connectivity index (χ2v) is 27.5. The first-order valence-corrected chi connectivity index (χ1v) is 33.7. The van der Waals surface area contributed by atoms with Gasteiger partial charge in [-0.1, -0.05) is 49.4 Å². The molecule has 9 aromatic rings. The zero-order chi connectivity index (χ0) is 65.2. The number of carbonyl (C=O) groups excluding carboxylic acids is 7. The number of aromatic nitrogens is 7. The van der Waals surface area contributed by atoms with Gasteiger partial charge in [0.05, 0.1) is 53.9 Å². The molecule has 2 aliphatic rings. The molecule has 9 atom stereocenters. The summed E-state index contributed by atoms with van der Waals surface area (Å²) < 4.78 is 0. The molecule has 0 saturated carbocycles. The molecule has 1 unspecified atom stereocenters. The predicted molar refractivity (Wildman–Crippen MR) is 342 cm³/mol. The number of aromatic hydroxyl groups is 1. The fraction of sp³-hybridized carbons (Fsp3) is 0.295. The molecule has 7 aromatic heterocycles. The molecule has 9 heterocycles. The van der Waals surface area contributed by atoms with Gasteiger partial charge in [-0.25, -0.2) is 34.9 Å². The third kappa shape index (κ3) is 14.1. The lowest BCUT2D eigenvalue weighted by molar-refractivity contribution is -0.139. The lowest BCUT2D eigenvalue weighted by Crippen LogP contribution is -2.50. The Morgan fingerprint density at radius 2 is 1.35 bits per heavy atom. The van der Waals surface area contributed by atoms with E-state index in [-0.39, 0.29) is 74.3 Å². The number of phenols is 1. The first kappa shape index (κ1) is 64.7. The van der Waals surface area contributed by atoms with Crippen LogP contribution >= 0.6 is 68.0 Å². The van der Waals surface area contributed by atoms with Crippen molar-refractivity contribution in [3.63, 3.8) is 0 Å². The van der Waals surface area contributed by atoms with Crippen molar-refractivity contribution >= 4 is 115 Å². The number of carboxylic acids is 1. The number of pyridine rings is 1. The summed E-state index contributed by atoms with van der Waals surface area (Å²) in [5.41, 5.74) is 8.16. The number of aryl methyl sites for hydroxylation is 1. The van der Waals surface area contributed by atoms with Gasteiger partial charge in [0.2, 0.25) is 11.8 Å². The summed E-state index contributed by atoms with van der Waals surface area (Å²) in [6.45, 7) is 4.62. The van der Waals surface area contributed by atoms with Crippen molar-refractivity contribution in [2.75, 3.05) is 6.54 Å². The Morgan fingerprint density at radius 1 is 0.707 bits per heavy atom. The normalized spacial score (nSPS) is 19.7. The number of nitrogens with one attached hydrogen (secondary N) is 3. The van der Waals surface area contributed by atoms with Crippen LogP contribution < -0.4 is 21.7 Å². The first-order valence-electron chi connectivity index (χ1n) is 28.5. The van der Waals surface area contributed by atoms with Crippen LogP contribution in [0.15, 0.2) is 93.6 Å². The highest BCUT2D eigenvalue weighted by atomic mass is 32.1. The van der Waals surface area contributed by atoms with E-state index in [9.17, 15) is 54.0 Å². The average Bonchev–Trinajstić information content (AvgIpc) is 1.61. The van der Waals surface area contributed by atoms with Crippen LogP contribution in [0, 0.1) is 12.8 Å². The van der Waals surface area contributed by atoms with Gasteiger partial charge in [-0.3, -0.25) is 38.4 Å². The largest absolute Gasteiger partial charge is 0.508 e. The monoisotopic (exact) mass is 1360 g/mol. The fourth-order valence-electron chi connectivity index (χ4n) is 10.6. The Bertz CT molecular complexity index is 4290. The van der Waals surface area contributed by atoms with Gasteiger partial charge in [-0.15, -0.1) is 68.0 Å². The van der Waals surface area contributed by atoms with Crippen molar-refractivity contribution in [3.8, 4) is 49.1 Å². The molecular formula is C61H56N12O13S6. The number of nitrogens with two attached hydrogens (primary N) is 1. The lowest BCUT2D eigenvalue weighted by atomic mass is 9.90. The number of phenolic OH excluding ortho intramolecular Hbond substituents is 1. The zero-order valence-electron chi connectivity index (χ0n) is 48.8. The summed E-state index contributed by atoms with van der Waals surface area (Å²) in [6, 6.07) is 13.4. The number of rotatable bonds is 14. The van der Waals surface area contributed by atoms with Gasteiger partial charge in [0.1, 0.15) is 82.7 Å². The van der Waals surface area contributed by atoms with Gasteiger partial charge in [0, 0.05) is 75.0 Å². The van der Waals surface area contributed by atoms with Crippen LogP contribution in [-0.2, 0) is 25.6 Å². The van der Waals surface area contributed by atoms with Gasteiger partial charge in [0.25, 0.3) is 17.7 Å². The Kier molecular flexibility index (Phi) is 19.4. The molecule has 0 spiro atoms. The molecular weight excluding hydrogens is 1300 g/mol. The van der Waals surface area contributed by atoms with E-state index in [1.54, 1.807) is 79.2 Å². The fourth-order valence-corrected chi connectivity index (χ4v) is 16.0. The predicted octanol–water partition coefficient (Wildman–Crippen LogP) is 7.09. The van der Waals surface area contributed by atoms with Crippen LogP contribution in [0.5, 0.6) is 5.75 Å². The number of aliphatic hydroxyl groups is 3. The molecule has 10 N–H and O–H groups in total. The van der Waals surface area contributed by atoms with E-state index in [2.05, 4.69) is 30.9 Å². The number of carbonyl (C=O) groups is 8. The molecule has 2 aromatic carbocycles. The summed E-state index contributed by atoms with van der Waals surface area (Å²) in [5.74, 6) is -7.66. The number of hydrogen-bond acceptors (Lipinski definition) is 25. The number of aliphatic carboxylic acids is 1. The number of nitrogens with zero attached hydrogens (tertiary/aromatic N) is 8. The van der Waals surface area contributed by atoms with Crippen LogP contribution in [0.4, 0.5) is 0 Å². The number of thiazole rings is 6. The minimum absolute atomic E-state index is 0.00476. The van der Waals surface area contributed by atoms with E-state index >= 15 is 4.79 Å². The minimum atomic E-state index is -1.42. The molecule has 25 nitrogen and oxygen atoms in total. The number of Topliss-reactive ketones (excluding diaryl/α,β-unsaturated/α-hetero) is 2. The molecule has 31 heteroatoms. The third-order valence-electron chi connectivity index (χ3n) is 15.4. The van der Waals surface area contributed by atoms with Crippen LogP contribution in [0.1, 0.15) is 137 Å². The van der Waals surface area contributed by atoms with Gasteiger partial charge in [-0.2, -0.15) is 0 Å². The molecule has 2 aliphatic heterocycles.